The van der Waals surface area contributed by atoms with Crippen LogP contribution in [-0.4, -0.2) is 15.7 Å². The zero-order valence-electron chi connectivity index (χ0n) is 13.1. The Morgan fingerprint density at radius 1 is 0.950 bits per heavy atom. The Labute approximate surface area is 133 Å². The topological polar surface area (TPSA) is 0 Å². The van der Waals surface area contributed by atoms with E-state index in [4.69, 9.17) is 0 Å². The fourth-order valence-corrected chi connectivity index (χ4v) is 7.51. The van der Waals surface area contributed by atoms with Gasteiger partial charge >= 0.3 is 0 Å². The fourth-order valence-electron chi connectivity index (χ4n) is 4.58. The smallest absolute Gasteiger partial charge is 0.0694 e. The van der Waals surface area contributed by atoms with Crippen LogP contribution in [0.1, 0.15) is 71.1 Å². The maximum atomic E-state index is 2.38. The Bertz CT molecular complexity index is 320. The summed E-state index contributed by atoms with van der Waals surface area (Å²) in [4.78, 5) is 0. The average molecular weight is 312 g/mol. The molecule has 0 nitrogen and oxygen atoms in total. The molecule has 0 N–H and O–H groups in total. The van der Waals surface area contributed by atoms with Crippen LogP contribution < -0.4 is 0 Å². The van der Waals surface area contributed by atoms with Gasteiger partial charge in [0.1, 0.15) is 0 Å². The summed E-state index contributed by atoms with van der Waals surface area (Å²) < 4.78 is 1.81. The summed E-state index contributed by atoms with van der Waals surface area (Å²) in [5.41, 5.74) is 0. The molecule has 0 aromatic heterocycles. The second-order valence-corrected chi connectivity index (χ2v) is 9.70. The highest BCUT2D eigenvalue weighted by Gasteiger charge is 2.35. The van der Waals surface area contributed by atoms with Gasteiger partial charge in [-0.25, -0.2) is 0 Å². The van der Waals surface area contributed by atoms with Gasteiger partial charge in [-0.15, -0.1) is 0 Å². The summed E-state index contributed by atoms with van der Waals surface area (Å²) >= 11 is 4.38. The largest absolute Gasteiger partial charge is 0.237 e. The molecule has 1 heterocycles. The predicted octanol–water partition coefficient (Wildman–Crippen LogP) is 5.36. The first kappa shape index (κ1) is 15.3. The number of thioether (sulfide) groups is 1. The van der Waals surface area contributed by atoms with Crippen LogP contribution in [-0.2, 0) is 11.4 Å². The third kappa shape index (κ3) is 3.80. The van der Waals surface area contributed by atoms with Gasteiger partial charge in [0.15, 0.2) is 17.1 Å². The molecule has 2 heteroatoms. The third-order valence-electron chi connectivity index (χ3n) is 6.02. The monoisotopic (exact) mass is 311 g/mol. The van der Waals surface area contributed by atoms with Gasteiger partial charge in [0.05, 0.1) is 0 Å². The second kappa shape index (κ2) is 7.63. The summed E-state index contributed by atoms with van der Waals surface area (Å²) in [5, 5.41) is 0. The Morgan fingerprint density at radius 2 is 1.60 bits per heavy atom. The van der Waals surface area contributed by atoms with Crippen molar-refractivity contribution >= 4 is 27.3 Å². The van der Waals surface area contributed by atoms with Crippen LogP contribution in [0.5, 0.6) is 0 Å². The molecular weight excluding hydrogens is 280 g/mol. The molecule has 2 fully saturated rings. The summed E-state index contributed by atoms with van der Waals surface area (Å²) in [6.07, 6.45) is 15.1. The molecule has 0 unspecified atom stereocenters. The minimum absolute atomic E-state index is 0.966. The van der Waals surface area contributed by atoms with Crippen molar-refractivity contribution in [1.82, 2.24) is 0 Å². The Kier molecular flexibility index (Phi) is 5.85. The van der Waals surface area contributed by atoms with Crippen molar-refractivity contribution in [3.8, 4) is 0 Å². The SMILES string of the molecule is CCC1CCC(C2CCC(C3=[S+]CCCS3)CC2)CC1. The first-order chi connectivity index (χ1) is 9.86. The van der Waals surface area contributed by atoms with Crippen molar-refractivity contribution in [2.75, 3.05) is 11.5 Å². The maximum Gasteiger partial charge on any atom is 0.237 e. The number of hydrogen-bond donors (Lipinski definition) is 0. The van der Waals surface area contributed by atoms with Gasteiger partial charge in [-0.3, -0.25) is 0 Å². The van der Waals surface area contributed by atoms with Gasteiger partial charge in [0, 0.05) is 18.1 Å². The summed E-state index contributed by atoms with van der Waals surface area (Å²) in [6.45, 7) is 2.38. The number of hydrogen-bond acceptors (Lipinski definition) is 1. The quantitative estimate of drug-likeness (QED) is 0.499. The molecule has 3 rings (SSSR count). The van der Waals surface area contributed by atoms with Crippen molar-refractivity contribution < 1.29 is 0 Å². The molecule has 0 atom stereocenters. The van der Waals surface area contributed by atoms with E-state index in [9.17, 15) is 0 Å². The second-order valence-electron chi connectivity index (χ2n) is 7.17. The van der Waals surface area contributed by atoms with Crippen molar-refractivity contribution in [1.29, 1.82) is 0 Å². The Hall–Kier alpha value is 0.440. The van der Waals surface area contributed by atoms with Gasteiger partial charge in [-0.1, -0.05) is 37.9 Å². The normalized spacial score (nSPS) is 39.4. The molecule has 1 aliphatic heterocycles. The summed E-state index contributed by atoms with van der Waals surface area (Å²) in [7, 11) is 0. The molecule has 0 bridgehead atoms. The third-order valence-corrected chi connectivity index (χ3v) is 8.95. The molecule has 0 radical (unpaired) electrons. The van der Waals surface area contributed by atoms with Crippen LogP contribution in [0.2, 0.25) is 0 Å². The molecule has 2 aliphatic carbocycles. The Morgan fingerprint density at radius 3 is 2.15 bits per heavy atom. The van der Waals surface area contributed by atoms with E-state index in [0.29, 0.717) is 0 Å². The zero-order valence-corrected chi connectivity index (χ0v) is 14.7. The van der Waals surface area contributed by atoms with Crippen molar-refractivity contribution in [3.63, 3.8) is 0 Å². The maximum absolute atomic E-state index is 2.38. The molecule has 0 amide bonds. The zero-order chi connectivity index (χ0) is 13.8. The summed E-state index contributed by atoms with van der Waals surface area (Å²) in [5.74, 6) is 6.99. The summed E-state index contributed by atoms with van der Waals surface area (Å²) in [6, 6.07) is 0. The van der Waals surface area contributed by atoms with E-state index in [0.717, 1.165) is 23.7 Å². The molecule has 0 saturated heterocycles. The molecule has 3 aliphatic rings. The minimum Gasteiger partial charge on any atom is -0.0694 e. The van der Waals surface area contributed by atoms with Gasteiger partial charge in [0.2, 0.25) is 4.20 Å². The van der Waals surface area contributed by atoms with E-state index in [1.54, 1.807) is 12.8 Å². The van der Waals surface area contributed by atoms with Crippen molar-refractivity contribution in [2.24, 2.45) is 23.7 Å². The van der Waals surface area contributed by atoms with E-state index in [2.05, 4.69) is 30.0 Å². The first-order valence-corrected chi connectivity index (χ1v) is 11.0. The van der Waals surface area contributed by atoms with E-state index >= 15 is 0 Å². The molecule has 2 saturated carbocycles. The predicted molar refractivity (Wildman–Crippen MR) is 95.5 cm³/mol. The lowest BCUT2D eigenvalue weighted by molar-refractivity contribution is 0.158. The van der Waals surface area contributed by atoms with Crippen LogP contribution in [0.4, 0.5) is 0 Å². The molecular formula is C18H31S2+. The van der Waals surface area contributed by atoms with Crippen LogP contribution in [0, 0.1) is 23.7 Å². The first-order valence-electron chi connectivity index (χ1n) is 8.99. The van der Waals surface area contributed by atoms with E-state index in [1.165, 1.54) is 62.9 Å². The average Bonchev–Trinajstić information content (AvgIpc) is 2.56. The Balaban J connectivity index is 1.45. The molecule has 20 heavy (non-hydrogen) atoms. The van der Waals surface area contributed by atoms with Gasteiger partial charge in [0.25, 0.3) is 0 Å². The standard InChI is InChI=1S/C18H31S2/c1-2-14-4-6-15(7-5-14)16-8-10-17(11-9-16)18-19-12-3-13-20-18/h14-17H,2-13H2,1H3/q+1. The van der Waals surface area contributed by atoms with E-state index in [1.807, 2.05) is 4.20 Å². The van der Waals surface area contributed by atoms with Crippen LogP contribution in [0.15, 0.2) is 0 Å². The van der Waals surface area contributed by atoms with Gasteiger partial charge in [-0.05, 0) is 56.3 Å². The lowest BCUT2D eigenvalue weighted by atomic mass is 9.69. The molecule has 0 aromatic carbocycles. The minimum atomic E-state index is 0.966. The highest BCUT2D eigenvalue weighted by Crippen LogP contribution is 2.43. The number of rotatable bonds is 3. The van der Waals surface area contributed by atoms with Crippen LogP contribution in [0.3, 0.4) is 0 Å². The molecule has 114 valence electrons. The highest BCUT2D eigenvalue weighted by molar-refractivity contribution is 8.23. The van der Waals surface area contributed by atoms with Crippen molar-refractivity contribution in [3.05, 3.63) is 0 Å². The lowest BCUT2D eigenvalue weighted by Gasteiger charge is -2.37. The van der Waals surface area contributed by atoms with E-state index < -0.39 is 0 Å². The van der Waals surface area contributed by atoms with Gasteiger partial charge < -0.3 is 0 Å². The molecule has 0 aromatic rings. The van der Waals surface area contributed by atoms with E-state index in [-0.39, 0.29) is 0 Å². The molecule has 0 spiro atoms. The van der Waals surface area contributed by atoms with Crippen LogP contribution >= 0.6 is 11.8 Å². The van der Waals surface area contributed by atoms with Crippen molar-refractivity contribution in [2.45, 2.75) is 71.1 Å². The van der Waals surface area contributed by atoms with Crippen LogP contribution in [0.25, 0.3) is 0 Å². The lowest BCUT2D eigenvalue weighted by Crippen LogP contribution is -2.28. The highest BCUT2D eigenvalue weighted by atomic mass is 32.2. The fraction of sp³-hybridized carbons (Fsp3) is 0.944. The van der Waals surface area contributed by atoms with Gasteiger partial charge in [-0.2, -0.15) is 0 Å².